The van der Waals surface area contributed by atoms with Gasteiger partial charge in [-0.05, 0) is 38.9 Å². The van der Waals surface area contributed by atoms with Crippen molar-refractivity contribution in [3.05, 3.63) is 0 Å². The number of hydrogen-bond acceptors (Lipinski definition) is 2. The minimum atomic E-state index is 0.0661. The average Bonchev–Trinajstić information content (AvgIpc) is 1.99. The van der Waals surface area contributed by atoms with E-state index >= 15 is 0 Å². The van der Waals surface area contributed by atoms with Crippen molar-refractivity contribution in [3.8, 4) is 0 Å². The Morgan fingerprint density at radius 3 is 2.36 bits per heavy atom. The highest BCUT2D eigenvalue weighted by Crippen LogP contribution is 2.13. The van der Waals surface area contributed by atoms with E-state index in [1.165, 1.54) is 0 Å². The lowest BCUT2D eigenvalue weighted by Gasteiger charge is -2.23. The van der Waals surface area contributed by atoms with Crippen molar-refractivity contribution < 1.29 is 4.74 Å². The molecule has 68 valence electrons. The van der Waals surface area contributed by atoms with Crippen LogP contribution in [0.3, 0.4) is 0 Å². The molecule has 1 nitrogen and oxygen atoms in total. The van der Waals surface area contributed by atoms with Crippen LogP contribution in [0.4, 0.5) is 0 Å². The Morgan fingerprint density at radius 1 is 1.27 bits per heavy atom. The summed E-state index contributed by atoms with van der Waals surface area (Å²) in [6.45, 7) is 7.29. The third-order valence-electron chi connectivity index (χ3n) is 1.90. The lowest BCUT2D eigenvalue weighted by atomic mass is 10.1. The topological polar surface area (TPSA) is 9.23 Å². The van der Waals surface area contributed by atoms with Crippen LogP contribution in [0.15, 0.2) is 0 Å². The lowest BCUT2D eigenvalue weighted by Crippen LogP contribution is -2.23. The summed E-state index contributed by atoms with van der Waals surface area (Å²) in [5.74, 6) is 0.968. The molecule has 0 saturated heterocycles. The second kappa shape index (κ2) is 5.90. The molecule has 0 radical (unpaired) electrons. The Balaban J connectivity index is 3.23. The quantitative estimate of drug-likeness (QED) is 0.483. The maximum absolute atomic E-state index is 5.65. The standard InChI is InChI=1S/C9H20OS/c1-4-9(2,3)10-7-5-6-8-11/h11H,4-8H2,1-3H3. The maximum atomic E-state index is 5.65. The van der Waals surface area contributed by atoms with Crippen molar-refractivity contribution in [1.82, 2.24) is 0 Å². The highest BCUT2D eigenvalue weighted by molar-refractivity contribution is 7.80. The molecule has 0 unspecified atom stereocenters. The third-order valence-corrected chi connectivity index (χ3v) is 2.21. The van der Waals surface area contributed by atoms with Gasteiger partial charge in [-0.3, -0.25) is 0 Å². The predicted octanol–water partition coefficient (Wildman–Crippen LogP) is 2.90. The first-order valence-electron chi connectivity index (χ1n) is 4.37. The zero-order chi connectivity index (χ0) is 8.74. The fourth-order valence-corrected chi connectivity index (χ4v) is 0.888. The molecule has 0 N–H and O–H groups in total. The van der Waals surface area contributed by atoms with Gasteiger partial charge in [0.25, 0.3) is 0 Å². The Morgan fingerprint density at radius 2 is 1.91 bits per heavy atom. The largest absolute Gasteiger partial charge is 0.376 e. The molecule has 0 saturated carbocycles. The first-order chi connectivity index (χ1) is 5.12. The molecule has 0 aromatic heterocycles. The van der Waals surface area contributed by atoms with Crippen molar-refractivity contribution in [2.24, 2.45) is 0 Å². The number of thiol groups is 1. The molecular weight excluding hydrogens is 156 g/mol. The molecule has 0 aromatic rings. The summed E-state index contributed by atoms with van der Waals surface area (Å²) >= 11 is 4.13. The normalized spacial score (nSPS) is 12.0. The van der Waals surface area contributed by atoms with Crippen molar-refractivity contribution in [3.63, 3.8) is 0 Å². The van der Waals surface area contributed by atoms with Gasteiger partial charge in [0.2, 0.25) is 0 Å². The van der Waals surface area contributed by atoms with Crippen LogP contribution < -0.4 is 0 Å². The van der Waals surface area contributed by atoms with Crippen molar-refractivity contribution in [2.75, 3.05) is 12.4 Å². The molecule has 0 aliphatic heterocycles. The first-order valence-corrected chi connectivity index (χ1v) is 5.00. The van der Waals surface area contributed by atoms with Crippen LogP contribution in [0, 0.1) is 0 Å². The Bertz CT molecular complexity index is 91.6. The molecular formula is C9H20OS. The summed E-state index contributed by atoms with van der Waals surface area (Å²) in [7, 11) is 0. The molecule has 11 heavy (non-hydrogen) atoms. The van der Waals surface area contributed by atoms with Crippen LogP contribution in [0.5, 0.6) is 0 Å². The van der Waals surface area contributed by atoms with Gasteiger partial charge in [0.05, 0.1) is 5.60 Å². The smallest absolute Gasteiger partial charge is 0.0623 e. The van der Waals surface area contributed by atoms with Crippen LogP contribution in [0.2, 0.25) is 0 Å². The third kappa shape index (κ3) is 6.70. The van der Waals surface area contributed by atoms with E-state index in [4.69, 9.17) is 4.74 Å². The Labute approximate surface area is 75.9 Å². The van der Waals surface area contributed by atoms with Gasteiger partial charge in [-0.25, -0.2) is 0 Å². The average molecular weight is 176 g/mol. The van der Waals surface area contributed by atoms with Crippen molar-refractivity contribution >= 4 is 12.6 Å². The molecule has 0 atom stereocenters. The molecule has 0 bridgehead atoms. The highest BCUT2D eigenvalue weighted by atomic mass is 32.1. The second-order valence-electron chi connectivity index (χ2n) is 3.39. The van der Waals surface area contributed by atoms with Gasteiger partial charge in [-0.1, -0.05) is 6.92 Å². The van der Waals surface area contributed by atoms with E-state index in [-0.39, 0.29) is 5.60 Å². The van der Waals surface area contributed by atoms with Gasteiger partial charge in [-0.2, -0.15) is 12.6 Å². The second-order valence-corrected chi connectivity index (χ2v) is 3.84. The fraction of sp³-hybridized carbons (Fsp3) is 1.00. The summed E-state index contributed by atoms with van der Waals surface area (Å²) < 4.78 is 5.65. The zero-order valence-electron chi connectivity index (χ0n) is 7.89. The van der Waals surface area contributed by atoms with Crippen LogP contribution in [0.1, 0.15) is 40.0 Å². The van der Waals surface area contributed by atoms with Gasteiger partial charge in [0, 0.05) is 6.61 Å². The van der Waals surface area contributed by atoms with Crippen LogP contribution >= 0.6 is 12.6 Å². The van der Waals surface area contributed by atoms with E-state index in [0.29, 0.717) is 0 Å². The molecule has 0 heterocycles. The maximum Gasteiger partial charge on any atom is 0.0623 e. The minimum absolute atomic E-state index is 0.0661. The number of ether oxygens (including phenoxy) is 1. The summed E-state index contributed by atoms with van der Waals surface area (Å²) in [5.41, 5.74) is 0.0661. The molecule has 0 fully saturated rings. The molecule has 0 aliphatic carbocycles. The number of rotatable bonds is 6. The van der Waals surface area contributed by atoms with E-state index in [1.807, 2.05) is 0 Å². The summed E-state index contributed by atoms with van der Waals surface area (Å²) in [4.78, 5) is 0. The SMILES string of the molecule is CCC(C)(C)OCCCCS. The van der Waals surface area contributed by atoms with E-state index in [2.05, 4.69) is 33.4 Å². The van der Waals surface area contributed by atoms with Crippen LogP contribution in [-0.2, 0) is 4.74 Å². The van der Waals surface area contributed by atoms with E-state index in [1.54, 1.807) is 0 Å². The number of unbranched alkanes of at least 4 members (excludes halogenated alkanes) is 1. The molecule has 2 heteroatoms. The highest BCUT2D eigenvalue weighted by Gasteiger charge is 2.13. The molecule has 0 aromatic carbocycles. The Kier molecular flexibility index (Phi) is 6.06. The molecule has 0 rings (SSSR count). The van der Waals surface area contributed by atoms with E-state index < -0.39 is 0 Å². The van der Waals surface area contributed by atoms with E-state index in [0.717, 1.165) is 31.6 Å². The summed E-state index contributed by atoms with van der Waals surface area (Å²) in [5, 5.41) is 0. The van der Waals surface area contributed by atoms with E-state index in [9.17, 15) is 0 Å². The molecule has 0 spiro atoms. The number of hydrogen-bond donors (Lipinski definition) is 1. The van der Waals surface area contributed by atoms with Gasteiger partial charge < -0.3 is 4.74 Å². The Hall–Kier alpha value is 0.310. The summed E-state index contributed by atoms with van der Waals surface area (Å²) in [6.07, 6.45) is 3.36. The van der Waals surface area contributed by atoms with Crippen molar-refractivity contribution in [1.29, 1.82) is 0 Å². The molecule has 0 aliphatic rings. The van der Waals surface area contributed by atoms with Crippen LogP contribution in [-0.4, -0.2) is 18.0 Å². The van der Waals surface area contributed by atoms with Gasteiger partial charge in [0.1, 0.15) is 0 Å². The zero-order valence-corrected chi connectivity index (χ0v) is 8.79. The summed E-state index contributed by atoms with van der Waals surface area (Å²) in [6, 6.07) is 0. The van der Waals surface area contributed by atoms with Crippen LogP contribution in [0.25, 0.3) is 0 Å². The predicted molar refractivity (Wildman–Crippen MR) is 53.4 cm³/mol. The first kappa shape index (κ1) is 11.3. The monoisotopic (exact) mass is 176 g/mol. The molecule has 0 amide bonds. The minimum Gasteiger partial charge on any atom is -0.376 e. The lowest BCUT2D eigenvalue weighted by molar-refractivity contribution is -0.0210. The van der Waals surface area contributed by atoms with Gasteiger partial charge in [-0.15, -0.1) is 0 Å². The van der Waals surface area contributed by atoms with Gasteiger partial charge >= 0.3 is 0 Å². The van der Waals surface area contributed by atoms with Crippen molar-refractivity contribution in [2.45, 2.75) is 45.6 Å². The van der Waals surface area contributed by atoms with Gasteiger partial charge in [0.15, 0.2) is 0 Å². The fourth-order valence-electron chi connectivity index (χ4n) is 0.664.